The molecule has 1 heterocycles. The Bertz CT molecular complexity index is 1260. The van der Waals surface area contributed by atoms with E-state index in [0.717, 1.165) is 5.56 Å². The molecular weight excluding hydrogens is 442 g/mol. The largest absolute Gasteiger partial charge is 0.493 e. The van der Waals surface area contributed by atoms with Gasteiger partial charge in [-0.05, 0) is 49.8 Å². The number of anilines is 1. The van der Waals surface area contributed by atoms with Crippen LogP contribution in [-0.2, 0) is 20.9 Å². The lowest BCUT2D eigenvalue weighted by Crippen LogP contribution is -2.13. The number of rotatable bonds is 9. The SMILES string of the molecule is CCOC(=O)Nc1ccc2c(COC(=O)/C=C/c3ccc(OCC)c(OC)c3)cc(=O)oc2c1. The molecular formula is C25H25NO8. The highest BCUT2D eigenvalue weighted by Crippen LogP contribution is 2.28. The molecule has 3 rings (SSSR count). The Labute approximate surface area is 195 Å². The van der Waals surface area contributed by atoms with Crippen LogP contribution in [0.1, 0.15) is 25.0 Å². The van der Waals surface area contributed by atoms with Crippen LogP contribution in [0.15, 0.2) is 57.8 Å². The molecule has 0 fully saturated rings. The van der Waals surface area contributed by atoms with E-state index in [9.17, 15) is 14.4 Å². The zero-order valence-electron chi connectivity index (χ0n) is 19.1. The van der Waals surface area contributed by atoms with Crippen LogP contribution in [0.3, 0.4) is 0 Å². The number of nitrogens with one attached hydrogen (secondary N) is 1. The second kappa shape index (κ2) is 11.6. The molecule has 0 atom stereocenters. The third-order valence-electron chi connectivity index (χ3n) is 4.62. The molecule has 0 aliphatic carbocycles. The van der Waals surface area contributed by atoms with Crippen LogP contribution in [0.5, 0.6) is 11.5 Å². The van der Waals surface area contributed by atoms with Crippen molar-refractivity contribution in [2.24, 2.45) is 0 Å². The molecule has 0 bridgehead atoms. The van der Waals surface area contributed by atoms with E-state index >= 15 is 0 Å². The van der Waals surface area contributed by atoms with Crippen molar-refractivity contribution in [2.45, 2.75) is 20.5 Å². The molecule has 0 aliphatic heterocycles. The van der Waals surface area contributed by atoms with Gasteiger partial charge in [0.25, 0.3) is 0 Å². The van der Waals surface area contributed by atoms with Crippen molar-refractivity contribution in [3.8, 4) is 11.5 Å². The second-order valence-corrected chi connectivity index (χ2v) is 6.93. The molecule has 1 amide bonds. The molecule has 0 spiro atoms. The van der Waals surface area contributed by atoms with E-state index in [-0.39, 0.29) is 18.8 Å². The predicted molar refractivity (Wildman–Crippen MR) is 126 cm³/mol. The Balaban J connectivity index is 1.70. The number of carbonyl (C=O) groups excluding carboxylic acids is 2. The molecule has 0 saturated heterocycles. The number of benzene rings is 2. The number of carbonyl (C=O) groups is 2. The van der Waals surface area contributed by atoms with Crippen LogP contribution >= 0.6 is 0 Å². The van der Waals surface area contributed by atoms with Crippen LogP contribution in [0, 0.1) is 0 Å². The van der Waals surface area contributed by atoms with Crippen LogP contribution in [0.25, 0.3) is 17.0 Å². The summed E-state index contributed by atoms with van der Waals surface area (Å²) < 4.78 is 26.1. The predicted octanol–water partition coefficient (Wildman–Crippen LogP) is 4.53. The van der Waals surface area contributed by atoms with Crippen LogP contribution in [0.2, 0.25) is 0 Å². The molecule has 0 radical (unpaired) electrons. The lowest BCUT2D eigenvalue weighted by Gasteiger charge is -2.09. The van der Waals surface area contributed by atoms with Crippen molar-refractivity contribution >= 4 is 34.8 Å². The Hall–Kier alpha value is -4.27. The summed E-state index contributed by atoms with van der Waals surface area (Å²) in [4.78, 5) is 35.8. The van der Waals surface area contributed by atoms with Gasteiger partial charge in [0.2, 0.25) is 0 Å². The number of amides is 1. The summed E-state index contributed by atoms with van der Waals surface area (Å²) >= 11 is 0. The van der Waals surface area contributed by atoms with E-state index < -0.39 is 17.7 Å². The fourth-order valence-electron chi connectivity index (χ4n) is 3.14. The average Bonchev–Trinajstić information content (AvgIpc) is 2.81. The highest BCUT2D eigenvalue weighted by molar-refractivity contribution is 5.90. The van der Waals surface area contributed by atoms with Crippen molar-refractivity contribution in [2.75, 3.05) is 25.6 Å². The first-order valence-corrected chi connectivity index (χ1v) is 10.6. The van der Waals surface area contributed by atoms with E-state index in [2.05, 4.69) is 5.32 Å². The maximum atomic E-state index is 12.2. The van der Waals surface area contributed by atoms with Gasteiger partial charge in [0.15, 0.2) is 11.5 Å². The third-order valence-corrected chi connectivity index (χ3v) is 4.62. The molecule has 9 nitrogen and oxygen atoms in total. The average molecular weight is 467 g/mol. The molecule has 0 unspecified atom stereocenters. The lowest BCUT2D eigenvalue weighted by molar-refractivity contribution is -0.138. The first kappa shape index (κ1) is 24.4. The Morgan fingerprint density at radius 1 is 1.00 bits per heavy atom. The molecule has 1 aromatic heterocycles. The summed E-state index contributed by atoms with van der Waals surface area (Å²) in [5.74, 6) is 0.576. The van der Waals surface area contributed by atoms with E-state index in [0.29, 0.717) is 34.7 Å². The van der Waals surface area contributed by atoms with E-state index in [1.165, 1.54) is 25.3 Å². The summed E-state index contributed by atoms with van der Waals surface area (Å²) in [7, 11) is 1.54. The maximum Gasteiger partial charge on any atom is 0.411 e. The molecule has 9 heteroatoms. The number of hydrogen-bond donors (Lipinski definition) is 1. The van der Waals surface area contributed by atoms with Crippen LogP contribution in [-0.4, -0.2) is 32.4 Å². The van der Waals surface area contributed by atoms with Crippen molar-refractivity contribution in [3.63, 3.8) is 0 Å². The van der Waals surface area contributed by atoms with Gasteiger partial charge in [-0.2, -0.15) is 0 Å². The molecule has 34 heavy (non-hydrogen) atoms. The van der Waals surface area contributed by atoms with E-state index in [1.54, 1.807) is 43.3 Å². The van der Waals surface area contributed by atoms with Gasteiger partial charge in [0, 0.05) is 34.8 Å². The molecule has 2 aromatic carbocycles. The van der Waals surface area contributed by atoms with E-state index in [4.69, 9.17) is 23.4 Å². The van der Waals surface area contributed by atoms with Gasteiger partial charge in [-0.15, -0.1) is 0 Å². The molecule has 0 aliphatic rings. The highest BCUT2D eigenvalue weighted by Gasteiger charge is 2.11. The first-order valence-electron chi connectivity index (χ1n) is 10.6. The van der Waals surface area contributed by atoms with Crippen molar-refractivity contribution in [3.05, 3.63) is 70.1 Å². The fraction of sp³-hybridized carbons (Fsp3) is 0.240. The number of ether oxygens (including phenoxy) is 4. The quantitative estimate of drug-likeness (QED) is 0.278. The van der Waals surface area contributed by atoms with Gasteiger partial charge in [-0.1, -0.05) is 6.07 Å². The summed E-state index contributed by atoms with van der Waals surface area (Å²) in [6, 6.07) is 11.3. The maximum absolute atomic E-state index is 12.2. The minimum absolute atomic E-state index is 0.136. The smallest absolute Gasteiger partial charge is 0.411 e. The highest BCUT2D eigenvalue weighted by atomic mass is 16.5. The standard InChI is InChI=1S/C25H25NO8/c1-4-31-20-10-6-16(12-22(20)30-3)7-11-23(27)33-15-17-13-24(28)34-21-14-18(8-9-19(17)21)26-25(29)32-5-2/h6-14H,4-5,15H2,1-3H3,(H,26,29)/b11-7+. The van der Waals surface area contributed by atoms with E-state index in [1.807, 2.05) is 6.92 Å². The zero-order valence-corrected chi connectivity index (χ0v) is 19.1. The minimum atomic E-state index is -0.619. The Kier molecular flexibility index (Phi) is 8.28. The number of fused-ring (bicyclic) bond motifs is 1. The van der Waals surface area contributed by atoms with Gasteiger partial charge in [-0.3, -0.25) is 5.32 Å². The van der Waals surface area contributed by atoms with Crippen LogP contribution < -0.4 is 20.4 Å². The monoisotopic (exact) mass is 467 g/mol. The topological polar surface area (TPSA) is 113 Å². The van der Waals surface area contributed by atoms with Crippen molar-refractivity contribution in [1.82, 2.24) is 0 Å². The summed E-state index contributed by atoms with van der Waals surface area (Å²) in [5.41, 5.74) is 1.23. The molecule has 0 saturated carbocycles. The zero-order chi connectivity index (χ0) is 24.5. The third kappa shape index (κ3) is 6.38. The Morgan fingerprint density at radius 2 is 1.82 bits per heavy atom. The van der Waals surface area contributed by atoms with Gasteiger partial charge in [-0.25, -0.2) is 14.4 Å². The normalized spacial score (nSPS) is 10.8. The summed E-state index contributed by atoms with van der Waals surface area (Å²) in [6.45, 7) is 4.17. The summed E-state index contributed by atoms with van der Waals surface area (Å²) in [5, 5.41) is 3.11. The fourth-order valence-corrected chi connectivity index (χ4v) is 3.14. The molecule has 3 aromatic rings. The number of methoxy groups -OCH3 is 1. The van der Waals surface area contributed by atoms with Gasteiger partial charge < -0.3 is 23.4 Å². The minimum Gasteiger partial charge on any atom is -0.493 e. The van der Waals surface area contributed by atoms with Crippen LogP contribution in [0.4, 0.5) is 10.5 Å². The number of hydrogen-bond acceptors (Lipinski definition) is 8. The van der Waals surface area contributed by atoms with Gasteiger partial charge >= 0.3 is 17.7 Å². The number of esters is 1. The van der Waals surface area contributed by atoms with Crippen molar-refractivity contribution in [1.29, 1.82) is 0 Å². The Morgan fingerprint density at radius 3 is 2.56 bits per heavy atom. The molecule has 1 N–H and O–H groups in total. The van der Waals surface area contributed by atoms with Gasteiger partial charge in [0.1, 0.15) is 12.2 Å². The molecule has 178 valence electrons. The first-order chi connectivity index (χ1) is 16.4. The summed E-state index contributed by atoms with van der Waals surface area (Å²) in [6.07, 6.45) is 2.25. The second-order valence-electron chi connectivity index (χ2n) is 6.93. The van der Waals surface area contributed by atoms with Crippen molar-refractivity contribution < 1.29 is 33.0 Å². The van der Waals surface area contributed by atoms with Gasteiger partial charge in [0.05, 0.1) is 20.3 Å². The lowest BCUT2D eigenvalue weighted by atomic mass is 10.1.